The minimum Gasteiger partial charge on any atom is -0.507 e. The molecule has 5 rings (SSSR count). The fraction of sp³-hybridized carbons (Fsp3) is 0.290. The molecule has 2 aliphatic rings. The number of thiazole rings is 1. The summed E-state index contributed by atoms with van der Waals surface area (Å²) in [6.45, 7) is 8.48. The number of esters is 1. The number of hydrogen-bond donors (Lipinski definition) is 1. The molecule has 2 aromatic carbocycles. The molecule has 1 saturated heterocycles. The highest BCUT2D eigenvalue weighted by atomic mass is 32.1. The zero-order valence-corrected chi connectivity index (χ0v) is 24.1. The van der Waals surface area contributed by atoms with Crippen LogP contribution in [-0.4, -0.2) is 54.2 Å². The van der Waals surface area contributed by atoms with Gasteiger partial charge in [0, 0.05) is 5.56 Å². The topological polar surface area (TPSA) is 124 Å². The number of aliphatic hydroxyl groups is 1. The van der Waals surface area contributed by atoms with Crippen LogP contribution < -0.4 is 19.1 Å². The number of unbranched alkanes of at least 4 members (excludes halogenated alkanes) is 1. The molecule has 1 atom stereocenters. The summed E-state index contributed by atoms with van der Waals surface area (Å²) in [4.78, 5) is 45.7. The number of benzene rings is 2. The SMILES string of the molecule is C=CCOC(=O)c1sc(N2C(=O)C(=O)/C(=C(/O)c3ccc4c(c3)OCCO4)C2c2cccc(OCCCC)c2)nc1C. The van der Waals surface area contributed by atoms with E-state index >= 15 is 0 Å². The fourth-order valence-corrected chi connectivity index (χ4v) is 5.66. The Morgan fingerprint density at radius 3 is 2.74 bits per heavy atom. The molecule has 1 fully saturated rings. The van der Waals surface area contributed by atoms with Crippen molar-refractivity contribution in [1.82, 2.24) is 4.98 Å². The first-order valence-electron chi connectivity index (χ1n) is 13.5. The lowest BCUT2D eigenvalue weighted by molar-refractivity contribution is -0.132. The molecule has 0 bridgehead atoms. The van der Waals surface area contributed by atoms with Gasteiger partial charge in [0.2, 0.25) is 0 Å². The Kier molecular flexibility index (Phi) is 8.58. The summed E-state index contributed by atoms with van der Waals surface area (Å²) in [6, 6.07) is 10.8. The van der Waals surface area contributed by atoms with Crippen LogP contribution in [0.4, 0.5) is 5.13 Å². The maximum atomic E-state index is 13.6. The fourth-order valence-electron chi connectivity index (χ4n) is 4.67. The summed E-state index contributed by atoms with van der Waals surface area (Å²) in [6.07, 6.45) is 3.26. The predicted molar refractivity (Wildman–Crippen MR) is 156 cm³/mol. The third-order valence-electron chi connectivity index (χ3n) is 6.71. The summed E-state index contributed by atoms with van der Waals surface area (Å²) in [5.74, 6) is -1.30. The molecule has 11 heteroatoms. The van der Waals surface area contributed by atoms with Crippen molar-refractivity contribution >= 4 is 39.9 Å². The van der Waals surface area contributed by atoms with Crippen LogP contribution >= 0.6 is 11.3 Å². The first-order valence-corrected chi connectivity index (χ1v) is 14.3. The second-order valence-corrected chi connectivity index (χ2v) is 10.6. The molecule has 10 nitrogen and oxygen atoms in total. The number of aromatic nitrogens is 1. The number of aryl methyl sites for hydroxylation is 1. The van der Waals surface area contributed by atoms with Gasteiger partial charge >= 0.3 is 11.9 Å². The highest BCUT2D eigenvalue weighted by Gasteiger charge is 2.48. The summed E-state index contributed by atoms with van der Waals surface area (Å²) in [5.41, 5.74) is 1.01. The molecule has 0 spiro atoms. The number of nitrogens with zero attached hydrogens (tertiary/aromatic N) is 2. The molecular formula is C31H30N2O8S. The lowest BCUT2D eigenvalue weighted by Crippen LogP contribution is -2.29. The van der Waals surface area contributed by atoms with E-state index in [0.717, 1.165) is 24.2 Å². The van der Waals surface area contributed by atoms with Gasteiger partial charge in [-0.25, -0.2) is 9.78 Å². The zero-order valence-electron chi connectivity index (χ0n) is 23.3. The Balaban J connectivity index is 1.63. The van der Waals surface area contributed by atoms with Crippen molar-refractivity contribution in [2.45, 2.75) is 32.7 Å². The summed E-state index contributed by atoms with van der Waals surface area (Å²) in [7, 11) is 0. The van der Waals surface area contributed by atoms with Gasteiger partial charge in [0.1, 0.15) is 36.2 Å². The third-order valence-corrected chi connectivity index (χ3v) is 7.85. The number of ketones is 1. The first kappa shape index (κ1) is 28.9. The first-order chi connectivity index (χ1) is 20.3. The van der Waals surface area contributed by atoms with E-state index in [1.165, 1.54) is 11.0 Å². The van der Waals surface area contributed by atoms with Crippen LogP contribution in [0, 0.1) is 6.92 Å². The van der Waals surface area contributed by atoms with Crippen molar-refractivity contribution in [3.63, 3.8) is 0 Å². The van der Waals surface area contributed by atoms with Crippen molar-refractivity contribution < 1.29 is 38.4 Å². The second kappa shape index (κ2) is 12.5. The molecular weight excluding hydrogens is 560 g/mol. The molecule has 2 aliphatic heterocycles. The standard InChI is InChI=1S/C31H30N2O8S/c1-4-6-13-38-21-9-7-8-19(16-21)25-24(26(34)20-10-11-22-23(17-20)40-15-14-39-22)27(35)29(36)33(25)31-32-18(3)28(42-31)30(37)41-12-5-2/h5,7-11,16-17,25,34H,2,4,6,12-15H2,1,3H3/b26-24+. The minimum atomic E-state index is -1.06. The van der Waals surface area contributed by atoms with Crippen LogP contribution in [0.15, 0.2) is 60.7 Å². The van der Waals surface area contributed by atoms with Crippen LogP contribution in [0.25, 0.3) is 5.76 Å². The number of rotatable bonds is 10. The van der Waals surface area contributed by atoms with Gasteiger partial charge in [-0.05, 0) is 49.2 Å². The molecule has 0 saturated carbocycles. The second-order valence-electron chi connectivity index (χ2n) is 9.60. The van der Waals surface area contributed by atoms with Crippen LogP contribution in [0.3, 0.4) is 0 Å². The van der Waals surface area contributed by atoms with Crippen LogP contribution in [0.2, 0.25) is 0 Å². The maximum Gasteiger partial charge on any atom is 0.350 e. The third kappa shape index (κ3) is 5.60. The normalized spacial score (nSPS) is 17.3. The summed E-state index contributed by atoms with van der Waals surface area (Å²) in [5, 5.41) is 11.7. The highest BCUT2D eigenvalue weighted by molar-refractivity contribution is 7.17. The number of Topliss-reactive ketones (excluding diaryl/α,β-unsaturated/α-hetero) is 1. The van der Waals surface area contributed by atoms with E-state index in [1.807, 2.05) is 0 Å². The number of fused-ring (bicyclic) bond motifs is 1. The number of aliphatic hydroxyl groups excluding tert-OH is 1. The highest BCUT2D eigenvalue weighted by Crippen LogP contribution is 2.45. The van der Waals surface area contributed by atoms with Gasteiger partial charge in [0.05, 0.1) is 23.9 Å². The maximum absolute atomic E-state index is 13.6. The molecule has 1 unspecified atom stereocenters. The Morgan fingerprint density at radius 1 is 1.19 bits per heavy atom. The van der Waals surface area contributed by atoms with Gasteiger partial charge < -0.3 is 24.1 Å². The average molecular weight is 591 g/mol. The van der Waals surface area contributed by atoms with Crippen molar-refractivity contribution in [3.8, 4) is 17.2 Å². The number of hydrogen-bond acceptors (Lipinski definition) is 10. The van der Waals surface area contributed by atoms with E-state index in [4.69, 9.17) is 18.9 Å². The van der Waals surface area contributed by atoms with Gasteiger partial charge in [-0.1, -0.05) is 49.5 Å². The average Bonchev–Trinajstić information content (AvgIpc) is 3.51. The molecule has 0 aliphatic carbocycles. The van der Waals surface area contributed by atoms with Gasteiger partial charge in [0.15, 0.2) is 16.6 Å². The van der Waals surface area contributed by atoms with E-state index in [0.29, 0.717) is 48.3 Å². The molecule has 1 N–H and O–H groups in total. The molecule has 218 valence electrons. The lowest BCUT2D eigenvalue weighted by atomic mass is 9.95. The van der Waals surface area contributed by atoms with E-state index in [2.05, 4.69) is 18.5 Å². The van der Waals surface area contributed by atoms with E-state index in [1.54, 1.807) is 49.4 Å². The molecule has 1 aromatic heterocycles. The number of carbonyl (C=O) groups is 3. The Morgan fingerprint density at radius 2 is 1.98 bits per heavy atom. The van der Waals surface area contributed by atoms with Gasteiger partial charge in [-0.15, -0.1) is 0 Å². The van der Waals surface area contributed by atoms with Crippen LogP contribution in [-0.2, 0) is 14.3 Å². The molecule has 42 heavy (non-hydrogen) atoms. The number of anilines is 1. The summed E-state index contributed by atoms with van der Waals surface area (Å²) < 4.78 is 22.3. The van der Waals surface area contributed by atoms with Gasteiger partial charge in [-0.2, -0.15) is 0 Å². The number of ether oxygens (including phenoxy) is 4. The monoisotopic (exact) mass is 590 g/mol. The van der Waals surface area contributed by atoms with Gasteiger partial charge in [0.25, 0.3) is 5.78 Å². The van der Waals surface area contributed by atoms with Crippen molar-refractivity contribution in [2.75, 3.05) is 31.3 Å². The Bertz CT molecular complexity index is 1580. The van der Waals surface area contributed by atoms with E-state index < -0.39 is 23.7 Å². The van der Waals surface area contributed by atoms with Crippen molar-refractivity contribution in [2.24, 2.45) is 0 Å². The zero-order chi connectivity index (χ0) is 29.8. The molecule has 0 radical (unpaired) electrons. The predicted octanol–water partition coefficient (Wildman–Crippen LogP) is 5.37. The Labute approximate surface area is 246 Å². The quantitative estimate of drug-likeness (QED) is 0.0829. The summed E-state index contributed by atoms with van der Waals surface area (Å²) >= 11 is 0.930. The van der Waals surface area contributed by atoms with Crippen molar-refractivity contribution in [1.29, 1.82) is 0 Å². The van der Waals surface area contributed by atoms with E-state index in [-0.39, 0.29) is 33.5 Å². The largest absolute Gasteiger partial charge is 0.507 e. The van der Waals surface area contributed by atoms with Crippen LogP contribution in [0.5, 0.6) is 17.2 Å². The van der Waals surface area contributed by atoms with Crippen molar-refractivity contribution in [3.05, 3.63) is 82.4 Å². The number of amides is 1. The minimum absolute atomic E-state index is 0.0103. The smallest absolute Gasteiger partial charge is 0.350 e. The van der Waals surface area contributed by atoms with E-state index in [9.17, 15) is 19.5 Å². The number of carbonyl (C=O) groups excluding carboxylic acids is 3. The Hall–Kier alpha value is -4.64. The molecule has 1 amide bonds. The van der Waals surface area contributed by atoms with Crippen LogP contribution in [0.1, 0.15) is 52.3 Å². The molecule has 3 heterocycles. The molecule has 3 aromatic rings. The lowest BCUT2D eigenvalue weighted by Gasteiger charge is -2.24. The van der Waals surface area contributed by atoms with Gasteiger partial charge in [-0.3, -0.25) is 14.5 Å².